The molecule has 4 nitrogen and oxygen atoms in total. The first-order valence-corrected chi connectivity index (χ1v) is 10.2. The average molecular weight is 416 g/mol. The lowest BCUT2D eigenvalue weighted by Crippen LogP contribution is -2.31. The summed E-state index contributed by atoms with van der Waals surface area (Å²) in [5.74, 6) is -0.129. The van der Waals surface area contributed by atoms with Crippen molar-refractivity contribution >= 4 is 28.5 Å². The Hall–Kier alpha value is -3.37. The van der Waals surface area contributed by atoms with Crippen LogP contribution in [0.3, 0.4) is 0 Å². The zero-order valence-electron chi connectivity index (χ0n) is 16.0. The van der Waals surface area contributed by atoms with Crippen LogP contribution in [0.5, 0.6) is 0 Å². The summed E-state index contributed by atoms with van der Waals surface area (Å²) in [7, 11) is 0. The van der Waals surface area contributed by atoms with Crippen LogP contribution >= 0.6 is 11.6 Å². The van der Waals surface area contributed by atoms with Gasteiger partial charge < -0.3 is 9.32 Å². The highest BCUT2D eigenvalue weighted by atomic mass is 35.5. The molecule has 0 bridgehead atoms. The highest BCUT2D eigenvalue weighted by Gasteiger charge is 2.42. The summed E-state index contributed by atoms with van der Waals surface area (Å²) < 4.78 is 5.94. The topological polar surface area (TPSA) is 50.5 Å². The number of para-hydroxylation sites is 1. The normalized spacial score (nSPS) is 15.6. The summed E-state index contributed by atoms with van der Waals surface area (Å²) in [5.41, 5.74) is 2.62. The minimum atomic E-state index is -0.505. The fourth-order valence-electron chi connectivity index (χ4n) is 4.08. The molecule has 0 aliphatic carbocycles. The standard InChI is InChI=1S/C25H18ClNO3/c26-18-12-10-17(11-13-18)22-21-23(28)19-8-4-5-9-20(19)30-24(21)25(29)27(22)15-14-16-6-2-1-3-7-16/h1-13,22H,14-15H2. The summed E-state index contributed by atoms with van der Waals surface area (Å²) in [4.78, 5) is 28.4. The van der Waals surface area contributed by atoms with Crippen LogP contribution in [0.25, 0.3) is 11.0 Å². The third-order valence-corrected chi connectivity index (χ3v) is 5.80. The van der Waals surface area contributed by atoms with Gasteiger partial charge in [0.05, 0.1) is 17.0 Å². The molecule has 2 heterocycles. The molecular formula is C25H18ClNO3. The number of benzene rings is 3. The van der Waals surface area contributed by atoms with Crippen molar-refractivity contribution in [1.29, 1.82) is 0 Å². The minimum absolute atomic E-state index is 0.131. The molecule has 5 heteroatoms. The van der Waals surface area contributed by atoms with Crippen LogP contribution in [-0.2, 0) is 6.42 Å². The van der Waals surface area contributed by atoms with E-state index in [4.69, 9.17) is 16.0 Å². The second kappa shape index (κ2) is 7.47. The van der Waals surface area contributed by atoms with E-state index in [0.29, 0.717) is 34.5 Å². The molecule has 4 aromatic rings. The first-order chi connectivity index (χ1) is 14.6. The lowest BCUT2D eigenvalue weighted by atomic mass is 9.98. The summed E-state index contributed by atoms with van der Waals surface area (Å²) in [6, 6.07) is 23.8. The SMILES string of the molecule is O=C1c2oc3ccccc3c(=O)c2C(c2ccc(Cl)cc2)N1CCc1ccccc1. The van der Waals surface area contributed by atoms with E-state index in [1.54, 1.807) is 41.3 Å². The van der Waals surface area contributed by atoms with Crippen molar-refractivity contribution in [3.63, 3.8) is 0 Å². The van der Waals surface area contributed by atoms with E-state index >= 15 is 0 Å². The van der Waals surface area contributed by atoms with Gasteiger partial charge in [0.1, 0.15) is 5.58 Å². The van der Waals surface area contributed by atoms with Crippen LogP contribution in [0.1, 0.15) is 33.3 Å². The molecular weight excluding hydrogens is 398 g/mol. The van der Waals surface area contributed by atoms with Gasteiger partial charge in [0.25, 0.3) is 5.91 Å². The molecule has 0 spiro atoms. The molecule has 1 aliphatic heterocycles. The highest BCUT2D eigenvalue weighted by Crippen LogP contribution is 2.38. The maximum Gasteiger partial charge on any atom is 0.290 e. The van der Waals surface area contributed by atoms with E-state index in [0.717, 1.165) is 11.1 Å². The zero-order valence-corrected chi connectivity index (χ0v) is 16.8. The van der Waals surface area contributed by atoms with Gasteiger partial charge in [-0.3, -0.25) is 9.59 Å². The van der Waals surface area contributed by atoms with Gasteiger partial charge >= 0.3 is 0 Å². The number of rotatable bonds is 4. The molecule has 1 amide bonds. The predicted molar refractivity (Wildman–Crippen MR) is 117 cm³/mol. The monoisotopic (exact) mass is 415 g/mol. The average Bonchev–Trinajstić information content (AvgIpc) is 3.06. The van der Waals surface area contributed by atoms with Crippen molar-refractivity contribution in [2.75, 3.05) is 6.54 Å². The third-order valence-electron chi connectivity index (χ3n) is 5.54. The third kappa shape index (κ3) is 3.10. The zero-order chi connectivity index (χ0) is 20.7. The van der Waals surface area contributed by atoms with Crippen molar-refractivity contribution in [1.82, 2.24) is 4.90 Å². The van der Waals surface area contributed by atoms with Crippen molar-refractivity contribution in [2.45, 2.75) is 12.5 Å². The van der Waals surface area contributed by atoms with E-state index in [-0.39, 0.29) is 17.1 Å². The van der Waals surface area contributed by atoms with E-state index < -0.39 is 6.04 Å². The Morgan fingerprint density at radius 3 is 2.33 bits per heavy atom. The first-order valence-electron chi connectivity index (χ1n) is 9.79. The second-order valence-corrected chi connectivity index (χ2v) is 7.79. The van der Waals surface area contributed by atoms with Gasteiger partial charge in [-0.2, -0.15) is 0 Å². The van der Waals surface area contributed by atoms with Crippen LogP contribution in [0.15, 0.2) is 88.1 Å². The number of carbonyl (C=O) groups excluding carboxylic acids is 1. The molecule has 0 saturated carbocycles. The van der Waals surface area contributed by atoms with Crippen molar-refractivity contribution < 1.29 is 9.21 Å². The molecule has 5 rings (SSSR count). The lowest BCUT2D eigenvalue weighted by Gasteiger charge is -2.25. The van der Waals surface area contributed by atoms with E-state index in [2.05, 4.69) is 0 Å². The largest absolute Gasteiger partial charge is 0.450 e. The van der Waals surface area contributed by atoms with Crippen molar-refractivity contribution in [3.05, 3.63) is 117 Å². The molecule has 3 aromatic carbocycles. The molecule has 0 N–H and O–H groups in total. The number of hydrogen-bond donors (Lipinski definition) is 0. The maximum absolute atomic E-state index is 13.4. The summed E-state index contributed by atoms with van der Waals surface area (Å²) >= 11 is 6.07. The number of carbonyl (C=O) groups is 1. The summed E-state index contributed by atoms with van der Waals surface area (Å²) in [5, 5.41) is 1.08. The molecule has 1 aliphatic rings. The Bertz CT molecular complexity index is 1300. The molecule has 1 unspecified atom stereocenters. The molecule has 0 radical (unpaired) electrons. The van der Waals surface area contributed by atoms with E-state index in [1.165, 1.54) is 0 Å². The van der Waals surface area contributed by atoms with Gasteiger partial charge in [-0.1, -0.05) is 66.2 Å². The number of fused-ring (bicyclic) bond motifs is 2. The highest BCUT2D eigenvalue weighted by molar-refractivity contribution is 6.30. The Morgan fingerprint density at radius 1 is 0.867 bits per heavy atom. The quantitative estimate of drug-likeness (QED) is 0.458. The van der Waals surface area contributed by atoms with Gasteiger partial charge in [-0.05, 0) is 41.8 Å². The van der Waals surface area contributed by atoms with Crippen LogP contribution < -0.4 is 5.43 Å². The van der Waals surface area contributed by atoms with E-state index in [1.807, 2.05) is 42.5 Å². The van der Waals surface area contributed by atoms with Gasteiger partial charge in [-0.25, -0.2) is 0 Å². The van der Waals surface area contributed by atoms with Crippen LogP contribution in [0.4, 0.5) is 0 Å². The van der Waals surface area contributed by atoms with Crippen LogP contribution in [0, 0.1) is 0 Å². The van der Waals surface area contributed by atoms with Gasteiger partial charge in [0.2, 0.25) is 5.76 Å². The number of halogens is 1. The molecule has 0 saturated heterocycles. The number of nitrogens with zero attached hydrogens (tertiary/aromatic N) is 1. The van der Waals surface area contributed by atoms with Gasteiger partial charge in [0.15, 0.2) is 5.43 Å². The van der Waals surface area contributed by atoms with Crippen LogP contribution in [-0.4, -0.2) is 17.4 Å². The predicted octanol–water partition coefficient (Wildman–Crippen LogP) is 5.23. The number of amides is 1. The van der Waals surface area contributed by atoms with Crippen LogP contribution in [0.2, 0.25) is 5.02 Å². The van der Waals surface area contributed by atoms with E-state index in [9.17, 15) is 9.59 Å². The summed E-state index contributed by atoms with van der Waals surface area (Å²) in [6.07, 6.45) is 0.679. The first kappa shape index (κ1) is 18.6. The summed E-state index contributed by atoms with van der Waals surface area (Å²) in [6.45, 7) is 0.468. The minimum Gasteiger partial charge on any atom is -0.450 e. The fourth-order valence-corrected chi connectivity index (χ4v) is 4.21. The fraction of sp³-hybridized carbons (Fsp3) is 0.120. The molecule has 1 aromatic heterocycles. The van der Waals surface area contributed by atoms with Crippen molar-refractivity contribution in [2.24, 2.45) is 0 Å². The maximum atomic E-state index is 13.4. The lowest BCUT2D eigenvalue weighted by molar-refractivity contribution is 0.0730. The molecule has 1 atom stereocenters. The second-order valence-electron chi connectivity index (χ2n) is 7.36. The Morgan fingerprint density at radius 2 is 1.57 bits per heavy atom. The smallest absolute Gasteiger partial charge is 0.290 e. The van der Waals surface area contributed by atoms with Crippen molar-refractivity contribution in [3.8, 4) is 0 Å². The molecule has 0 fully saturated rings. The van der Waals surface area contributed by atoms with Gasteiger partial charge in [0, 0.05) is 11.6 Å². The Balaban J connectivity index is 1.64. The molecule has 30 heavy (non-hydrogen) atoms. The molecule has 148 valence electrons. The Kier molecular flexibility index (Phi) is 4.64. The number of hydrogen-bond acceptors (Lipinski definition) is 3. The van der Waals surface area contributed by atoms with Gasteiger partial charge in [-0.15, -0.1) is 0 Å². The Labute approximate surface area is 178 Å².